The first-order valence-corrected chi connectivity index (χ1v) is 10.0. The first-order chi connectivity index (χ1) is 14.0. The maximum absolute atomic E-state index is 13.0. The third-order valence-corrected chi connectivity index (χ3v) is 5.31. The standard InChI is InChI=1S/C22H26N6O/c1-16(2)18-5-7-19(8-6-18)28-17(3)15-20(25-28)21(29)26-11-13-27(14-12-26)22-23-9-4-10-24-22/h4-10,15-16H,11-14H2,1-3H3. The van der Waals surface area contributed by atoms with Crippen molar-refractivity contribution in [3.05, 3.63) is 65.7 Å². The van der Waals surface area contributed by atoms with E-state index < -0.39 is 0 Å². The van der Waals surface area contributed by atoms with E-state index in [-0.39, 0.29) is 5.91 Å². The van der Waals surface area contributed by atoms with E-state index in [4.69, 9.17) is 0 Å². The maximum atomic E-state index is 13.0. The highest BCUT2D eigenvalue weighted by atomic mass is 16.2. The van der Waals surface area contributed by atoms with Crippen molar-refractivity contribution in [3.63, 3.8) is 0 Å². The molecule has 0 saturated carbocycles. The average Bonchev–Trinajstić information content (AvgIpc) is 3.15. The summed E-state index contributed by atoms with van der Waals surface area (Å²) >= 11 is 0. The van der Waals surface area contributed by atoms with Crippen molar-refractivity contribution in [2.45, 2.75) is 26.7 Å². The van der Waals surface area contributed by atoms with E-state index in [2.05, 4.69) is 58.1 Å². The Bertz CT molecular complexity index is 972. The van der Waals surface area contributed by atoms with E-state index in [9.17, 15) is 4.79 Å². The molecule has 2 aromatic heterocycles. The highest BCUT2D eigenvalue weighted by Crippen LogP contribution is 2.19. The number of nitrogens with zero attached hydrogens (tertiary/aromatic N) is 6. The Balaban J connectivity index is 1.45. The summed E-state index contributed by atoms with van der Waals surface area (Å²) in [6.07, 6.45) is 3.48. The molecule has 0 unspecified atom stereocenters. The molecule has 7 heteroatoms. The number of hydrogen-bond donors (Lipinski definition) is 0. The van der Waals surface area contributed by atoms with Crippen LogP contribution in [0.3, 0.4) is 0 Å². The van der Waals surface area contributed by atoms with E-state index in [1.54, 1.807) is 18.5 Å². The van der Waals surface area contributed by atoms with Crippen molar-refractivity contribution in [1.29, 1.82) is 0 Å². The normalized spacial score (nSPS) is 14.5. The Morgan fingerprint density at radius 3 is 2.28 bits per heavy atom. The molecule has 1 amide bonds. The van der Waals surface area contributed by atoms with Gasteiger partial charge in [0.15, 0.2) is 5.69 Å². The largest absolute Gasteiger partial charge is 0.337 e. The second-order valence-electron chi connectivity index (χ2n) is 7.66. The lowest BCUT2D eigenvalue weighted by Gasteiger charge is -2.34. The van der Waals surface area contributed by atoms with Crippen LogP contribution in [0.15, 0.2) is 48.8 Å². The second-order valence-corrected chi connectivity index (χ2v) is 7.66. The Kier molecular flexibility index (Phi) is 5.29. The fourth-order valence-electron chi connectivity index (χ4n) is 3.57. The highest BCUT2D eigenvalue weighted by Gasteiger charge is 2.25. The summed E-state index contributed by atoms with van der Waals surface area (Å²) in [7, 11) is 0. The monoisotopic (exact) mass is 390 g/mol. The number of piperazine rings is 1. The summed E-state index contributed by atoms with van der Waals surface area (Å²) < 4.78 is 1.84. The SMILES string of the molecule is Cc1cc(C(=O)N2CCN(c3ncccn3)CC2)nn1-c1ccc(C(C)C)cc1. The summed E-state index contributed by atoms with van der Waals surface area (Å²) in [6, 6.07) is 12.0. The van der Waals surface area contributed by atoms with Crippen LogP contribution in [-0.4, -0.2) is 56.7 Å². The van der Waals surface area contributed by atoms with Gasteiger partial charge in [-0.2, -0.15) is 5.10 Å². The van der Waals surface area contributed by atoms with Crippen LogP contribution < -0.4 is 4.90 Å². The summed E-state index contributed by atoms with van der Waals surface area (Å²) in [5.41, 5.74) is 3.69. The lowest BCUT2D eigenvalue weighted by molar-refractivity contribution is 0.0740. The van der Waals surface area contributed by atoms with Gasteiger partial charge in [-0.3, -0.25) is 4.79 Å². The quantitative estimate of drug-likeness (QED) is 0.685. The van der Waals surface area contributed by atoms with Gasteiger partial charge in [0.05, 0.1) is 5.69 Å². The van der Waals surface area contributed by atoms with Crippen LogP contribution in [0.5, 0.6) is 0 Å². The van der Waals surface area contributed by atoms with E-state index in [0.717, 1.165) is 11.4 Å². The minimum Gasteiger partial charge on any atom is -0.337 e. The molecule has 3 heterocycles. The van der Waals surface area contributed by atoms with Gasteiger partial charge in [0, 0.05) is 44.3 Å². The van der Waals surface area contributed by atoms with Gasteiger partial charge >= 0.3 is 0 Å². The van der Waals surface area contributed by atoms with Crippen LogP contribution in [0.25, 0.3) is 5.69 Å². The maximum Gasteiger partial charge on any atom is 0.274 e. The van der Waals surface area contributed by atoms with Gasteiger partial charge in [0.25, 0.3) is 5.91 Å². The predicted octanol–water partition coefficient (Wildman–Crippen LogP) is 3.06. The van der Waals surface area contributed by atoms with Crippen molar-refractivity contribution in [3.8, 4) is 5.69 Å². The van der Waals surface area contributed by atoms with Crippen molar-refractivity contribution >= 4 is 11.9 Å². The highest BCUT2D eigenvalue weighted by molar-refractivity contribution is 5.92. The van der Waals surface area contributed by atoms with Crippen molar-refractivity contribution in [2.75, 3.05) is 31.1 Å². The molecular weight excluding hydrogens is 364 g/mol. The molecule has 150 valence electrons. The fraction of sp³-hybridized carbons (Fsp3) is 0.364. The van der Waals surface area contributed by atoms with Gasteiger partial charge in [-0.05, 0) is 42.7 Å². The van der Waals surface area contributed by atoms with Crippen molar-refractivity contribution in [1.82, 2.24) is 24.6 Å². The molecule has 0 radical (unpaired) electrons. The van der Waals surface area contributed by atoms with E-state index in [0.29, 0.717) is 43.7 Å². The Hall–Kier alpha value is -3.22. The van der Waals surface area contributed by atoms with Gasteiger partial charge in [-0.15, -0.1) is 0 Å². The van der Waals surface area contributed by atoms with Gasteiger partial charge in [0.1, 0.15) is 0 Å². The minimum atomic E-state index is -0.0284. The molecule has 0 atom stereocenters. The number of benzene rings is 1. The number of hydrogen-bond acceptors (Lipinski definition) is 5. The van der Waals surface area contributed by atoms with Crippen molar-refractivity contribution < 1.29 is 4.79 Å². The number of carbonyl (C=O) groups is 1. The summed E-state index contributed by atoms with van der Waals surface area (Å²) in [5.74, 6) is 1.17. The van der Waals surface area contributed by atoms with Gasteiger partial charge in [0.2, 0.25) is 5.95 Å². The average molecular weight is 390 g/mol. The molecule has 3 aromatic rings. The van der Waals surface area contributed by atoms with Crippen LogP contribution in [0.2, 0.25) is 0 Å². The van der Waals surface area contributed by atoms with Crippen molar-refractivity contribution in [2.24, 2.45) is 0 Å². The van der Waals surface area contributed by atoms with Crippen LogP contribution in [0.1, 0.15) is 41.5 Å². The molecule has 1 saturated heterocycles. The molecule has 4 rings (SSSR count). The molecule has 1 aliphatic rings. The summed E-state index contributed by atoms with van der Waals surface area (Å²) in [6.45, 7) is 9.02. The zero-order valence-electron chi connectivity index (χ0n) is 17.1. The number of amides is 1. The fourth-order valence-corrected chi connectivity index (χ4v) is 3.57. The smallest absolute Gasteiger partial charge is 0.274 e. The van der Waals surface area contributed by atoms with Crippen LogP contribution >= 0.6 is 0 Å². The zero-order valence-corrected chi connectivity index (χ0v) is 17.1. The Labute approximate surface area is 171 Å². The lowest BCUT2D eigenvalue weighted by atomic mass is 10.0. The molecule has 29 heavy (non-hydrogen) atoms. The van der Waals surface area contributed by atoms with Crippen LogP contribution in [-0.2, 0) is 0 Å². The molecule has 0 aliphatic carbocycles. The number of carbonyl (C=O) groups excluding carboxylic acids is 1. The summed E-state index contributed by atoms with van der Waals surface area (Å²) in [5, 5.41) is 4.59. The molecule has 1 aromatic carbocycles. The first kappa shape index (κ1) is 19.1. The lowest BCUT2D eigenvalue weighted by Crippen LogP contribution is -2.49. The number of anilines is 1. The summed E-state index contributed by atoms with van der Waals surface area (Å²) in [4.78, 5) is 25.5. The third kappa shape index (κ3) is 3.99. The Morgan fingerprint density at radius 1 is 1.00 bits per heavy atom. The molecule has 0 spiro atoms. The van der Waals surface area contributed by atoms with Crippen LogP contribution in [0.4, 0.5) is 5.95 Å². The molecule has 0 N–H and O–H groups in total. The molecule has 1 fully saturated rings. The van der Waals surface area contributed by atoms with Crippen LogP contribution in [0, 0.1) is 6.92 Å². The minimum absolute atomic E-state index is 0.0284. The second kappa shape index (κ2) is 8.03. The Morgan fingerprint density at radius 2 is 1.66 bits per heavy atom. The van der Waals surface area contributed by atoms with Gasteiger partial charge < -0.3 is 9.80 Å². The van der Waals surface area contributed by atoms with E-state index in [1.165, 1.54) is 5.56 Å². The number of aromatic nitrogens is 4. The zero-order chi connectivity index (χ0) is 20.4. The molecule has 7 nitrogen and oxygen atoms in total. The van der Waals surface area contributed by atoms with Gasteiger partial charge in [-0.1, -0.05) is 26.0 Å². The molecule has 1 aliphatic heterocycles. The molecular formula is C22H26N6O. The van der Waals surface area contributed by atoms with E-state index >= 15 is 0 Å². The first-order valence-electron chi connectivity index (χ1n) is 10.0. The van der Waals surface area contributed by atoms with Gasteiger partial charge in [-0.25, -0.2) is 14.6 Å². The molecule has 0 bridgehead atoms. The third-order valence-electron chi connectivity index (χ3n) is 5.31. The topological polar surface area (TPSA) is 67.2 Å². The predicted molar refractivity (Wildman–Crippen MR) is 113 cm³/mol. The van der Waals surface area contributed by atoms with E-state index in [1.807, 2.05) is 22.6 Å². The number of aryl methyl sites for hydroxylation is 1. The number of rotatable bonds is 4.